The van der Waals surface area contributed by atoms with Crippen molar-refractivity contribution in [2.45, 2.75) is 18.9 Å². The van der Waals surface area contributed by atoms with E-state index in [-0.39, 0.29) is 11.9 Å². The molecule has 108 valence electrons. The molecule has 0 saturated carbocycles. The molecule has 0 radical (unpaired) electrons. The van der Waals surface area contributed by atoms with Crippen LogP contribution in [-0.4, -0.2) is 13.0 Å². The number of aryl methyl sites for hydroxylation is 1. The summed E-state index contributed by atoms with van der Waals surface area (Å²) in [6.45, 7) is 0. The molecule has 1 unspecified atom stereocenters. The Bertz CT molecular complexity index is 684. The first kappa shape index (κ1) is 14.5. The second-order valence-corrected chi connectivity index (χ2v) is 6.37. The molecule has 2 N–H and O–H groups in total. The minimum atomic E-state index is 0.109. The third-order valence-electron chi connectivity index (χ3n) is 3.86. The van der Waals surface area contributed by atoms with Gasteiger partial charge in [0.1, 0.15) is 0 Å². The van der Waals surface area contributed by atoms with Crippen LogP contribution in [0.3, 0.4) is 0 Å². The molecule has 1 aliphatic rings. The number of anilines is 1. The van der Waals surface area contributed by atoms with Gasteiger partial charge in [-0.3, -0.25) is 4.79 Å². The third-order valence-corrected chi connectivity index (χ3v) is 4.85. The lowest BCUT2D eigenvalue weighted by molar-refractivity contribution is -0.116. The Balaban J connectivity index is 1.99. The predicted molar refractivity (Wildman–Crippen MR) is 93.5 cm³/mol. The van der Waals surface area contributed by atoms with E-state index in [1.165, 1.54) is 20.3 Å². The molecule has 2 aromatic rings. The first-order valence-corrected chi connectivity index (χ1v) is 8.11. The average Bonchev–Trinajstić information content (AvgIpc) is 2.50. The van der Waals surface area contributed by atoms with E-state index in [4.69, 9.17) is 0 Å². The Labute approximate surface area is 138 Å². The highest BCUT2D eigenvalue weighted by molar-refractivity contribution is 14.1. The fraction of sp³-hybridized carbons (Fsp3) is 0.235. The molecular formula is C17H17IN2O. The van der Waals surface area contributed by atoms with Crippen LogP contribution in [0.1, 0.15) is 29.2 Å². The zero-order valence-corrected chi connectivity index (χ0v) is 14.0. The van der Waals surface area contributed by atoms with Gasteiger partial charge in [-0.05, 0) is 64.9 Å². The summed E-state index contributed by atoms with van der Waals surface area (Å²) in [5.41, 5.74) is 4.68. The van der Waals surface area contributed by atoms with Crippen LogP contribution in [0.2, 0.25) is 0 Å². The van der Waals surface area contributed by atoms with E-state index in [9.17, 15) is 4.79 Å². The summed E-state index contributed by atoms with van der Waals surface area (Å²) in [6, 6.07) is 14.9. The summed E-state index contributed by atoms with van der Waals surface area (Å²) < 4.78 is 1.25. The van der Waals surface area contributed by atoms with Gasteiger partial charge < -0.3 is 10.6 Å². The fourth-order valence-corrected chi connectivity index (χ4v) is 3.49. The number of hydrogen-bond acceptors (Lipinski definition) is 2. The standard InChI is InChI=1S/C17H17IN2O/c1-19-17(13-4-2-3-5-14(13)18)12-6-8-15-11(10-12)7-9-16(21)20-15/h2-6,8,10,17,19H,7,9H2,1H3,(H,20,21). The zero-order chi connectivity index (χ0) is 14.8. The molecule has 0 fully saturated rings. The van der Waals surface area contributed by atoms with E-state index in [0.29, 0.717) is 6.42 Å². The lowest BCUT2D eigenvalue weighted by Crippen LogP contribution is -2.21. The molecule has 3 nitrogen and oxygen atoms in total. The monoisotopic (exact) mass is 392 g/mol. The fourth-order valence-electron chi connectivity index (χ4n) is 2.79. The summed E-state index contributed by atoms with van der Waals surface area (Å²) in [5.74, 6) is 0.109. The van der Waals surface area contributed by atoms with Gasteiger partial charge in [0, 0.05) is 15.7 Å². The van der Waals surface area contributed by atoms with Gasteiger partial charge in [0.25, 0.3) is 0 Å². The minimum absolute atomic E-state index is 0.109. The van der Waals surface area contributed by atoms with Crippen LogP contribution in [0.5, 0.6) is 0 Å². The van der Waals surface area contributed by atoms with Crippen molar-refractivity contribution in [3.8, 4) is 0 Å². The molecule has 0 saturated heterocycles. The maximum absolute atomic E-state index is 11.4. The number of hydrogen-bond donors (Lipinski definition) is 2. The Kier molecular flexibility index (Phi) is 4.26. The maximum Gasteiger partial charge on any atom is 0.224 e. The molecule has 4 heteroatoms. The van der Waals surface area contributed by atoms with Crippen molar-refractivity contribution in [2.24, 2.45) is 0 Å². The highest BCUT2D eigenvalue weighted by Gasteiger charge is 2.19. The number of amides is 1. The summed E-state index contributed by atoms with van der Waals surface area (Å²) in [5, 5.41) is 6.33. The largest absolute Gasteiger partial charge is 0.326 e. The lowest BCUT2D eigenvalue weighted by Gasteiger charge is -2.22. The van der Waals surface area contributed by atoms with E-state index in [2.05, 4.69) is 69.6 Å². The SMILES string of the molecule is CNC(c1ccc2c(c1)CCC(=O)N2)c1ccccc1I. The van der Waals surface area contributed by atoms with Crippen LogP contribution < -0.4 is 10.6 Å². The number of halogens is 1. The van der Waals surface area contributed by atoms with Crippen molar-refractivity contribution in [3.05, 3.63) is 62.7 Å². The molecule has 2 aromatic carbocycles. The topological polar surface area (TPSA) is 41.1 Å². The van der Waals surface area contributed by atoms with Crippen LogP contribution in [0.25, 0.3) is 0 Å². The van der Waals surface area contributed by atoms with Crippen LogP contribution in [0, 0.1) is 3.57 Å². The Morgan fingerprint density at radius 1 is 1.19 bits per heavy atom. The summed E-state index contributed by atoms with van der Waals surface area (Å²) in [7, 11) is 1.98. The van der Waals surface area contributed by atoms with Gasteiger partial charge in [-0.25, -0.2) is 0 Å². The quantitative estimate of drug-likeness (QED) is 0.786. The molecule has 3 rings (SSSR count). The van der Waals surface area contributed by atoms with Gasteiger partial charge in [0.2, 0.25) is 5.91 Å². The maximum atomic E-state index is 11.4. The van der Waals surface area contributed by atoms with Crippen LogP contribution in [-0.2, 0) is 11.2 Å². The molecule has 1 atom stereocenters. The van der Waals surface area contributed by atoms with Crippen molar-refractivity contribution in [3.63, 3.8) is 0 Å². The van der Waals surface area contributed by atoms with Gasteiger partial charge in [-0.15, -0.1) is 0 Å². The number of rotatable bonds is 3. The highest BCUT2D eigenvalue weighted by Crippen LogP contribution is 2.30. The number of benzene rings is 2. The molecule has 0 bridgehead atoms. The molecule has 1 aliphatic heterocycles. The van der Waals surface area contributed by atoms with Crippen molar-refractivity contribution >= 4 is 34.2 Å². The van der Waals surface area contributed by atoms with Gasteiger partial charge >= 0.3 is 0 Å². The molecule has 21 heavy (non-hydrogen) atoms. The first-order chi connectivity index (χ1) is 10.2. The molecule has 0 spiro atoms. The van der Waals surface area contributed by atoms with Crippen LogP contribution in [0.4, 0.5) is 5.69 Å². The minimum Gasteiger partial charge on any atom is -0.326 e. The Hall–Kier alpha value is -1.40. The van der Waals surface area contributed by atoms with Crippen LogP contribution in [0.15, 0.2) is 42.5 Å². The Morgan fingerprint density at radius 2 is 2.00 bits per heavy atom. The summed E-state index contributed by atoms with van der Waals surface area (Å²) in [6.07, 6.45) is 1.39. The second-order valence-electron chi connectivity index (χ2n) is 5.21. The van der Waals surface area contributed by atoms with Crippen molar-refractivity contribution in [1.29, 1.82) is 0 Å². The van der Waals surface area contributed by atoms with E-state index in [0.717, 1.165) is 12.1 Å². The van der Waals surface area contributed by atoms with E-state index in [1.54, 1.807) is 0 Å². The van der Waals surface area contributed by atoms with Gasteiger partial charge in [-0.1, -0.05) is 30.3 Å². The van der Waals surface area contributed by atoms with E-state index < -0.39 is 0 Å². The van der Waals surface area contributed by atoms with Crippen molar-refractivity contribution in [2.75, 3.05) is 12.4 Å². The summed E-state index contributed by atoms with van der Waals surface area (Å²) >= 11 is 2.37. The second kappa shape index (κ2) is 6.15. The molecule has 1 heterocycles. The highest BCUT2D eigenvalue weighted by atomic mass is 127. The molecule has 1 amide bonds. The van der Waals surface area contributed by atoms with E-state index >= 15 is 0 Å². The van der Waals surface area contributed by atoms with Crippen molar-refractivity contribution in [1.82, 2.24) is 5.32 Å². The predicted octanol–water partition coefficient (Wildman–Crippen LogP) is 3.48. The zero-order valence-electron chi connectivity index (χ0n) is 11.8. The number of carbonyl (C=O) groups excluding carboxylic acids is 1. The smallest absolute Gasteiger partial charge is 0.224 e. The van der Waals surface area contributed by atoms with Crippen LogP contribution >= 0.6 is 22.6 Å². The number of fused-ring (bicyclic) bond motifs is 1. The number of carbonyl (C=O) groups is 1. The normalized spacial score (nSPS) is 15.2. The van der Waals surface area contributed by atoms with Gasteiger partial charge in [0.05, 0.1) is 6.04 Å². The van der Waals surface area contributed by atoms with Gasteiger partial charge in [0.15, 0.2) is 0 Å². The van der Waals surface area contributed by atoms with Gasteiger partial charge in [-0.2, -0.15) is 0 Å². The van der Waals surface area contributed by atoms with Crippen molar-refractivity contribution < 1.29 is 4.79 Å². The molecule has 0 aliphatic carbocycles. The van der Waals surface area contributed by atoms with E-state index in [1.807, 2.05) is 13.1 Å². The Morgan fingerprint density at radius 3 is 2.76 bits per heavy atom. The number of nitrogens with one attached hydrogen (secondary N) is 2. The summed E-state index contributed by atoms with van der Waals surface area (Å²) in [4.78, 5) is 11.4. The average molecular weight is 392 g/mol. The molecular weight excluding hydrogens is 375 g/mol. The first-order valence-electron chi connectivity index (χ1n) is 7.03. The third kappa shape index (κ3) is 2.96. The lowest BCUT2D eigenvalue weighted by atomic mass is 9.94. The molecule has 0 aromatic heterocycles.